The van der Waals surface area contributed by atoms with Crippen LogP contribution >= 0.6 is 0 Å². The number of piperidine rings is 1. The lowest BCUT2D eigenvalue weighted by molar-refractivity contribution is 0.0676. The van der Waals surface area contributed by atoms with Gasteiger partial charge in [-0.05, 0) is 56.9 Å². The fourth-order valence-electron chi connectivity index (χ4n) is 3.23. The van der Waals surface area contributed by atoms with E-state index in [1.165, 1.54) is 6.42 Å². The average Bonchev–Trinajstić information content (AvgIpc) is 2.62. The summed E-state index contributed by atoms with van der Waals surface area (Å²) in [6.07, 6.45) is 2.23. The van der Waals surface area contributed by atoms with Gasteiger partial charge >= 0.3 is 0 Å². The fourth-order valence-corrected chi connectivity index (χ4v) is 3.23. The van der Waals surface area contributed by atoms with Crippen LogP contribution < -0.4 is 10.1 Å². The summed E-state index contributed by atoms with van der Waals surface area (Å²) in [7, 11) is 0. The standard InChI is InChI=1S/C20H26N4O2/c1-4-26-17-9-7-16(8-10-17)23-19-12-18(21-15(3)22-19)20(25)24-11-5-6-14(2)13-24/h7-10,12,14H,4-6,11,13H2,1-3H3,(H,21,22,23). The number of ether oxygens (including phenoxy) is 1. The molecule has 0 radical (unpaired) electrons. The van der Waals surface area contributed by atoms with Crippen molar-refractivity contribution < 1.29 is 9.53 Å². The number of anilines is 2. The van der Waals surface area contributed by atoms with Crippen molar-refractivity contribution in [3.05, 3.63) is 41.9 Å². The SMILES string of the molecule is CCOc1ccc(Nc2cc(C(=O)N3CCCC(C)C3)nc(C)n2)cc1. The molecule has 1 aromatic heterocycles. The number of hydrogen-bond acceptors (Lipinski definition) is 5. The van der Waals surface area contributed by atoms with Gasteiger partial charge in [0.25, 0.3) is 5.91 Å². The summed E-state index contributed by atoms with van der Waals surface area (Å²) < 4.78 is 5.45. The number of likely N-dealkylation sites (tertiary alicyclic amines) is 1. The number of benzene rings is 1. The maximum absolute atomic E-state index is 12.8. The quantitative estimate of drug-likeness (QED) is 0.884. The molecule has 1 unspecified atom stereocenters. The number of aromatic nitrogens is 2. The second-order valence-electron chi connectivity index (χ2n) is 6.77. The molecule has 6 heteroatoms. The molecule has 2 aromatic rings. The number of rotatable bonds is 5. The number of carbonyl (C=O) groups is 1. The molecule has 6 nitrogen and oxygen atoms in total. The van der Waals surface area contributed by atoms with Crippen molar-refractivity contribution in [3.63, 3.8) is 0 Å². The van der Waals surface area contributed by atoms with Gasteiger partial charge in [-0.25, -0.2) is 9.97 Å². The Morgan fingerprint density at radius 1 is 1.31 bits per heavy atom. The van der Waals surface area contributed by atoms with Crippen LogP contribution in [-0.4, -0.2) is 40.5 Å². The third kappa shape index (κ3) is 4.50. The molecule has 0 aliphatic carbocycles. The first-order valence-electron chi connectivity index (χ1n) is 9.20. The molecule has 2 heterocycles. The third-order valence-corrected chi connectivity index (χ3v) is 4.44. The molecule has 0 saturated carbocycles. The van der Waals surface area contributed by atoms with Crippen molar-refractivity contribution >= 4 is 17.4 Å². The first-order valence-corrected chi connectivity index (χ1v) is 9.20. The van der Waals surface area contributed by atoms with E-state index < -0.39 is 0 Å². The molecular weight excluding hydrogens is 328 g/mol. The summed E-state index contributed by atoms with van der Waals surface area (Å²) in [5.74, 6) is 2.55. The van der Waals surface area contributed by atoms with E-state index in [1.54, 1.807) is 13.0 Å². The van der Waals surface area contributed by atoms with Crippen LogP contribution in [0.15, 0.2) is 30.3 Å². The lowest BCUT2D eigenvalue weighted by Crippen LogP contribution is -2.39. The Hall–Kier alpha value is -2.63. The molecule has 0 bridgehead atoms. The zero-order chi connectivity index (χ0) is 18.5. The summed E-state index contributed by atoms with van der Waals surface area (Å²) in [5.41, 5.74) is 1.33. The summed E-state index contributed by atoms with van der Waals surface area (Å²) in [4.78, 5) is 23.5. The number of nitrogens with one attached hydrogen (secondary N) is 1. The van der Waals surface area contributed by atoms with E-state index >= 15 is 0 Å². The molecule has 138 valence electrons. The Morgan fingerprint density at radius 3 is 2.77 bits per heavy atom. The van der Waals surface area contributed by atoms with Crippen LogP contribution in [0.25, 0.3) is 0 Å². The van der Waals surface area contributed by atoms with Gasteiger partial charge in [-0.1, -0.05) is 6.92 Å². The minimum absolute atomic E-state index is 0.0169. The van der Waals surface area contributed by atoms with Crippen molar-refractivity contribution in [2.75, 3.05) is 25.0 Å². The predicted octanol–water partition coefficient (Wildman–Crippen LogP) is 3.80. The van der Waals surface area contributed by atoms with E-state index in [2.05, 4.69) is 22.2 Å². The van der Waals surface area contributed by atoms with E-state index in [9.17, 15) is 4.79 Å². The molecule has 1 fully saturated rings. The van der Waals surface area contributed by atoms with Crippen molar-refractivity contribution in [1.29, 1.82) is 0 Å². The number of aryl methyl sites for hydroxylation is 1. The average molecular weight is 354 g/mol. The lowest BCUT2D eigenvalue weighted by atomic mass is 10.00. The zero-order valence-electron chi connectivity index (χ0n) is 15.7. The second kappa shape index (κ2) is 8.17. The number of hydrogen-bond donors (Lipinski definition) is 1. The lowest BCUT2D eigenvalue weighted by Gasteiger charge is -2.30. The first-order chi connectivity index (χ1) is 12.5. The largest absolute Gasteiger partial charge is 0.494 e. The summed E-state index contributed by atoms with van der Waals surface area (Å²) in [6.45, 7) is 8.18. The summed E-state index contributed by atoms with van der Waals surface area (Å²) in [6, 6.07) is 9.39. The van der Waals surface area contributed by atoms with Crippen LogP contribution in [0.1, 0.15) is 43.0 Å². The van der Waals surface area contributed by atoms with Crippen LogP contribution in [0.5, 0.6) is 5.75 Å². The Bertz CT molecular complexity index is 761. The number of nitrogens with zero attached hydrogens (tertiary/aromatic N) is 3. The Labute approximate surface area is 154 Å². The van der Waals surface area contributed by atoms with E-state index in [0.717, 1.165) is 30.9 Å². The normalized spacial score (nSPS) is 17.0. The third-order valence-electron chi connectivity index (χ3n) is 4.44. The van der Waals surface area contributed by atoms with E-state index in [1.807, 2.05) is 36.1 Å². The maximum Gasteiger partial charge on any atom is 0.272 e. The number of amides is 1. The van der Waals surface area contributed by atoms with E-state index in [-0.39, 0.29) is 5.91 Å². The van der Waals surface area contributed by atoms with Gasteiger partial charge in [0.1, 0.15) is 23.1 Å². The molecule has 3 rings (SSSR count). The molecule has 1 aliphatic heterocycles. The van der Waals surface area contributed by atoms with Crippen molar-refractivity contribution in [2.45, 2.75) is 33.6 Å². The van der Waals surface area contributed by atoms with Gasteiger partial charge in [0, 0.05) is 24.8 Å². The highest BCUT2D eigenvalue weighted by molar-refractivity contribution is 5.93. The maximum atomic E-state index is 12.8. The Balaban J connectivity index is 1.75. The molecule has 1 atom stereocenters. The minimum atomic E-state index is -0.0169. The van der Waals surface area contributed by atoms with Gasteiger partial charge in [-0.3, -0.25) is 4.79 Å². The highest BCUT2D eigenvalue weighted by atomic mass is 16.5. The van der Waals surface area contributed by atoms with Crippen molar-refractivity contribution in [3.8, 4) is 5.75 Å². The molecule has 26 heavy (non-hydrogen) atoms. The Morgan fingerprint density at radius 2 is 2.08 bits per heavy atom. The van der Waals surface area contributed by atoms with Crippen LogP contribution in [0.4, 0.5) is 11.5 Å². The molecule has 1 aliphatic rings. The number of carbonyl (C=O) groups excluding carboxylic acids is 1. The van der Waals surface area contributed by atoms with Gasteiger partial charge in [0.15, 0.2) is 0 Å². The zero-order valence-corrected chi connectivity index (χ0v) is 15.7. The predicted molar refractivity (Wildman–Crippen MR) is 102 cm³/mol. The molecule has 0 spiro atoms. The van der Waals surface area contributed by atoms with Crippen molar-refractivity contribution in [2.24, 2.45) is 5.92 Å². The van der Waals surface area contributed by atoms with Gasteiger partial charge < -0.3 is 15.0 Å². The Kier molecular flexibility index (Phi) is 5.71. The van der Waals surface area contributed by atoms with E-state index in [4.69, 9.17) is 4.74 Å². The van der Waals surface area contributed by atoms with Gasteiger partial charge in [-0.2, -0.15) is 0 Å². The first kappa shape index (κ1) is 18.2. The van der Waals surface area contributed by atoms with Crippen molar-refractivity contribution in [1.82, 2.24) is 14.9 Å². The monoisotopic (exact) mass is 354 g/mol. The highest BCUT2D eigenvalue weighted by Gasteiger charge is 2.23. The molecule has 1 amide bonds. The summed E-state index contributed by atoms with van der Waals surface area (Å²) >= 11 is 0. The van der Waals surface area contributed by atoms with Crippen LogP contribution in [0.3, 0.4) is 0 Å². The van der Waals surface area contributed by atoms with Gasteiger partial charge in [0.2, 0.25) is 0 Å². The second-order valence-corrected chi connectivity index (χ2v) is 6.77. The summed E-state index contributed by atoms with van der Waals surface area (Å²) in [5, 5.41) is 3.24. The van der Waals surface area contributed by atoms with Crippen LogP contribution in [0, 0.1) is 12.8 Å². The minimum Gasteiger partial charge on any atom is -0.494 e. The van der Waals surface area contributed by atoms with Crippen LogP contribution in [0.2, 0.25) is 0 Å². The topological polar surface area (TPSA) is 67.3 Å². The smallest absolute Gasteiger partial charge is 0.272 e. The molecule has 1 saturated heterocycles. The van der Waals surface area contributed by atoms with Crippen LogP contribution in [-0.2, 0) is 0 Å². The van der Waals surface area contributed by atoms with E-state index in [0.29, 0.717) is 29.9 Å². The molecule has 1 aromatic carbocycles. The highest BCUT2D eigenvalue weighted by Crippen LogP contribution is 2.21. The van der Waals surface area contributed by atoms with Gasteiger partial charge in [0.05, 0.1) is 6.61 Å². The molecule has 1 N–H and O–H groups in total. The molecular formula is C20H26N4O2. The van der Waals surface area contributed by atoms with Gasteiger partial charge in [-0.15, -0.1) is 0 Å². The fraction of sp³-hybridized carbons (Fsp3) is 0.450.